The average molecular weight is 550 g/mol. The molecule has 12 heteroatoms. The molecule has 0 radical (unpaired) electrons. The van der Waals surface area contributed by atoms with Crippen molar-refractivity contribution in [1.29, 1.82) is 0 Å². The molecular formula is C28H27N3O9. The highest BCUT2D eigenvalue weighted by atomic mass is 16.5. The van der Waals surface area contributed by atoms with Crippen LogP contribution >= 0.6 is 0 Å². The maximum atomic E-state index is 13.8. The molecule has 0 aliphatic heterocycles. The summed E-state index contributed by atoms with van der Waals surface area (Å²) in [5.41, 5.74) is 2.84. The molecule has 2 heterocycles. The Balaban J connectivity index is 1.80. The summed E-state index contributed by atoms with van der Waals surface area (Å²) in [5.74, 6) is 0.727. The fraction of sp³-hybridized carbons (Fsp3) is 0.214. The van der Waals surface area contributed by atoms with Crippen molar-refractivity contribution in [2.75, 3.05) is 42.2 Å². The number of hydrogen-bond donors (Lipinski definition) is 1. The first kappa shape index (κ1) is 27.8. The first-order chi connectivity index (χ1) is 19.4. The lowest BCUT2D eigenvalue weighted by atomic mass is 10.1. The van der Waals surface area contributed by atoms with Gasteiger partial charge in [0, 0.05) is 23.9 Å². The van der Waals surface area contributed by atoms with Gasteiger partial charge in [-0.1, -0.05) is 6.07 Å². The second-order valence-corrected chi connectivity index (χ2v) is 8.04. The summed E-state index contributed by atoms with van der Waals surface area (Å²) in [5, 5.41) is 3.97. The molecule has 208 valence electrons. The van der Waals surface area contributed by atoms with Crippen molar-refractivity contribution >= 4 is 23.1 Å². The van der Waals surface area contributed by atoms with Gasteiger partial charge in [0.05, 0.1) is 47.5 Å². The number of hydrogen-bond acceptors (Lipinski definition) is 11. The van der Waals surface area contributed by atoms with Gasteiger partial charge in [0.2, 0.25) is 16.9 Å². The van der Waals surface area contributed by atoms with E-state index < -0.39 is 17.9 Å². The monoisotopic (exact) mass is 549 g/mol. The number of nitrogens with zero attached hydrogens (tertiary/aromatic N) is 2. The van der Waals surface area contributed by atoms with Crippen LogP contribution in [0.3, 0.4) is 0 Å². The summed E-state index contributed by atoms with van der Waals surface area (Å²) in [6.07, 6.45) is 2.97. The van der Waals surface area contributed by atoms with Gasteiger partial charge in [0.15, 0.2) is 23.9 Å². The van der Waals surface area contributed by atoms with Crippen LogP contribution < -0.4 is 39.3 Å². The summed E-state index contributed by atoms with van der Waals surface area (Å²) in [4.78, 5) is 30.4. The van der Waals surface area contributed by atoms with Gasteiger partial charge in [-0.15, -0.1) is 0 Å². The Morgan fingerprint density at radius 3 is 2.25 bits per heavy atom. The van der Waals surface area contributed by atoms with Crippen LogP contribution in [0.5, 0.6) is 34.5 Å². The third kappa shape index (κ3) is 5.75. The number of carbonyl (C=O) groups is 1. The standard InChI is InChI=1S/C28H27N3O9/c1-34-18-12-19(35-2)24-20(13-18)40-26(16-10-21(36-3)27(38-5)22(11-16)37-4)28(25(24)33)39-15-23(32)31-30-14-17-8-6-7-9-29-17/h6-14H,15H2,1-5H3,(H,31,32). The number of aromatic nitrogens is 1. The van der Waals surface area contributed by atoms with Gasteiger partial charge in [0.25, 0.3) is 5.91 Å². The van der Waals surface area contributed by atoms with E-state index in [2.05, 4.69) is 15.5 Å². The molecule has 0 aliphatic rings. The van der Waals surface area contributed by atoms with Gasteiger partial charge in [-0.05, 0) is 24.3 Å². The second kappa shape index (κ2) is 12.5. The first-order valence-electron chi connectivity index (χ1n) is 11.8. The van der Waals surface area contributed by atoms with Crippen molar-refractivity contribution in [2.45, 2.75) is 0 Å². The molecule has 0 bridgehead atoms. The number of carbonyl (C=O) groups excluding carboxylic acids is 1. The van der Waals surface area contributed by atoms with E-state index in [1.54, 1.807) is 48.7 Å². The van der Waals surface area contributed by atoms with Crippen molar-refractivity contribution in [2.24, 2.45) is 5.10 Å². The fourth-order valence-electron chi connectivity index (χ4n) is 3.85. The van der Waals surface area contributed by atoms with Crippen molar-refractivity contribution in [3.8, 4) is 45.8 Å². The molecule has 0 spiro atoms. The summed E-state index contributed by atoms with van der Waals surface area (Å²) < 4.78 is 39.0. The molecule has 4 rings (SSSR count). The smallest absolute Gasteiger partial charge is 0.277 e. The van der Waals surface area contributed by atoms with Crippen LogP contribution in [-0.4, -0.2) is 59.3 Å². The molecule has 0 unspecified atom stereocenters. The van der Waals surface area contributed by atoms with Crippen LogP contribution in [-0.2, 0) is 4.79 Å². The van der Waals surface area contributed by atoms with E-state index in [1.807, 2.05) is 0 Å². The number of pyridine rings is 1. The van der Waals surface area contributed by atoms with Gasteiger partial charge in [-0.2, -0.15) is 5.10 Å². The average Bonchev–Trinajstić information content (AvgIpc) is 2.99. The Hall–Kier alpha value is -5.26. The highest BCUT2D eigenvalue weighted by Gasteiger charge is 2.24. The molecular weight excluding hydrogens is 522 g/mol. The van der Waals surface area contributed by atoms with E-state index in [4.69, 9.17) is 32.8 Å². The Morgan fingerprint density at radius 1 is 0.925 bits per heavy atom. The quantitative estimate of drug-likeness (QED) is 0.219. The highest BCUT2D eigenvalue weighted by molar-refractivity contribution is 5.89. The van der Waals surface area contributed by atoms with Crippen LogP contribution in [0.4, 0.5) is 0 Å². The molecule has 0 saturated carbocycles. The molecule has 1 amide bonds. The first-order valence-corrected chi connectivity index (χ1v) is 11.8. The third-order valence-corrected chi connectivity index (χ3v) is 5.70. The number of ether oxygens (including phenoxy) is 6. The zero-order chi connectivity index (χ0) is 28.6. The van der Waals surface area contributed by atoms with E-state index in [9.17, 15) is 9.59 Å². The number of fused-ring (bicyclic) bond motifs is 1. The SMILES string of the molecule is COc1cc(OC)c2c(=O)c(OCC(=O)NN=Cc3ccccn3)c(-c3cc(OC)c(OC)c(OC)c3)oc2c1. The van der Waals surface area contributed by atoms with Crippen LogP contribution in [0.2, 0.25) is 0 Å². The topological polar surface area (TPSA) is 140 Å². The second-order valence-electron chi connectivity index (χ2n) is 8.04. The predicted molar refractivity (Wildman–Crippen MR) is 146 cm³/mol. The van der Waals surface area contributed by atoms with E-state index in [-0.39, 0.29) is 28.2 Å². The van der Waals surface area contributed by atoms with Crippen molar-refractivity contribution in [1.82, 2.24) is 10.4 Å². The van der Waals surface area contributed by atoms with Crippen LogP contribution in [0, 0.1) is 0 Å². The highest BCUT2D eigenvalue weighted by Crippen LogP contribution is 2.44. The molecule has 12 nitrogen and oxygen atoms in total. The minimum Gasteiger partial charge on any atom is -0.496 e. The van der Waals surface area contributed by atoms with Crippen LogP contribution in [0.1, 0.15) is 5.69 Å². The number of amides is 1. The van der Waals surface area contributed by atoms with E-state index in [0.717, 1.165) is 0 Å². The normalized spacial score (nSPS) is 10.8. The van der Waals surface area contributed by atoms with Crippen LogP contribution in [0.15, 0.2) is 63.0 Å². The molecule has 4 aromatic rings. The summed E-state index contributed by atoms with van der Waals surface area (Å²) >= 11 is 0. The number of benzene rings is 2. The van der Waals surface area contributed by atoms with Crippen LogP contribution in [0.25, 0.3) is 22.3 Å². The zero-order valence-corrected chi connectivity index (χ0v) is 22.5. The molecule has 0 saturated heterocycles. The van der Waals surface area contributed by atoms with Gasteiger partial charge in [0.1, 0.15) is 22.5 Å². The van der Waals surface area contributed by atoms with Gasteiger partial charge >= 0.3 is 0 Å². The zero-order valence-electron chi connectivity index (χ0n) is 22.5. The van der Waals surface area contributed by atoms with Gasteiger partial charge < -0.3 is 32.8 Å². The Morgan fingerprint density at radius 2 is 1.65 bits per heavy atom. The predicted octanol–water partition coefficient (Wildman–Crippen LogP) is 3.43. The summed E-state index contributed by atoms with van der Waals surface area (Å²) in [6.45, 7) is -0.550. The molecule has 1 N–H and O–H groups in total. The molecule has 0 fully saturated rings. The fourth-order valence-corrected chi connectivity index (χ4v) is 3.85. The lowest BCUT2D eigenvalue weighted by molar-refractivity contribution is -0.123. The van der Waals surface area contributed by atoms with Crippen molar-refractivity contribution < 1.29 is 37.6 Å². The van der Waals surface area contributed by atoms with Gasteiger partial charge in [-0.25, -0.2) is 5.43 Å². The Bertz CT molecular complexity index is 1580. The van der Waals surface area contributed by atoms with E-state index >= 15 is 0 Å². The molecule has 40 heavy (non-hydrogen) atoms. The maximum absolute atomic E-state index is 13.8. The number of nitrogens with one attached hydrogen (secondary N) is 1. The minimum absolute atomic E-state index is 0.0110. The largest absolute Gasteiger partial charge is 0.496 e. The third-order valence-electron chi connectivity index (χ3n) is 5.70. The van der Waals surface area contributed by atoms with Crippen molar-refractivity contribution in [3.63, 3.8) is 0 Å². The maximum Gasteiger partial charge on any atom is 0.277 e. The number of methoxy groups -OCH3 is 5. The van der Waals surface area contributed by atoms with Crippen molar-refractivity contribution in [3.05, 3.63) is 64.6 Å². The molecule has 2 aromatic heterocycles. The summed E-state index contributed by atoms with van der Waals surface area (Å²) in [6, 6.07) is 11.5. The molecule has 0 atom stereocenters. The lowest BCUT2D eigenvalue weighted by Gasteiger charge is -2.16. The number of hydrazone groups is 1. The number of rotatable bonds is 11. The minimum atomic E-state index is -0.621. The van der Waals surface area contributed by atoms with E-state index in [0.29, 0.717) is 34.3 Å². The van der Waals surface area contributed by atoms with E-state index in [1.165, 1.54) is 41.8 Å². The Kier molecular flexibility index (Phi) is 8.69. The molecule has 2 aromatic carbocycles. The van der Waals surface area contributed by atoms with Gasteiger partial charge in [-0.3, -0.25) is 14.6 Å². The summed E-state index contributed by atoms with van der Waals surface area (Å²) in [7, 11) is 7.28. The molecule has 0 aliphatic carbocycles. The lowest BCUT2D eigenvalue weighted by Crippen LogP contribution is -2.26. The Labute approximate surface area is 229 Å².